The van der Waals surface area contributed by atoms with E-state index in [1.54, 1.807) is 7.11 Å². The van der Waals surface area contributed by atoms with E-state index in [9.17, 15) is 5.11 Å². The molecule has 0 aromatic carbocycles. The van der Waals surface area contributed by atoms with Gasteiger partial charge in [-0.1, -0.05) is 75.0 Å². The summed E-state index contributed by atoms with van der Waals surface area (Å²) in [6.45, 7) is 30.0. The van der Waals surface area contributed by atoms with Gasteiger partial charge in [-0.3, -0.25) is 0 Å². The average molecular weight is 519 g/mol. The van der Waals surface area contributed by atoms with Gasteiger partial charge >= 0.3 is 0 Å². The van der Waals surface area contributed by atoms with E-state index in [2.05, 4.69) is 75.0 Å². The smallest absolute Gasteiger partial charge is 0.258 e. The van der Waals surface area contributed by atoms with Gasteiger partial charge in [0, 0.05) is 29.3 Å². The minimum absolute atomic E-state index is 0.0855. The third-order valence-corrected chi connectivity index (χ3v) is 16.9. The molecule has 206 valence electrons. The molecule has 0 saturated heterocycles. The predicted octanol–water partition coefficient (Wildman–Crippen LogP) is 8.01. The van der Waals surface area contributed by atoms with Crippen molar-refractivity contribution in [3.8, 4) is 0 Å². The Morgan fingerprint density at radius 2 is 1.72 bits per heavy atom. The molecule has 2 bridgehead atoms. The van der Waals surface area contributed by atoms with Gasteiger partial charge in [-0.15, -0.1) is 6.58 Å². The summed E-state index contributed by atoms with van der Waals surface area (Å²) < 4.78 is 19.2. The zero-order valence-corrected chi connectivity index (χ0v) is 25.8. The lowest BCUT2D eigenvalue weighted by Gasteiger charge is -2.62. The van der Waals surface area contributed by atoms with E-state index in [-0.39, 0.29) is 29.6 Å². The molecule has 3 aliphatic carbocycles. The molecule has 3 aliphatic rings. The van der Waals surface area contributed by atoms with Crippen LogP contribution in [0.3, 0.4) is 0 Å². The molecule has 0 radical (unpaired) electrons. The van der Waals surface area contributed by atoms with E-state index in [1.807, 2.05) is 6.08 Å². The van der Waals surface area contributed by atoms with Crippen molar-refractivity contribution < 1.29 is 19.0 Å². The zero-order chi connectivity index (χ0) is 27.3. The first-order chi connectivity index (χ1) is 16.7. The van der Waals surface area contributed by atoms with Gasteiger partial charge in [0.2, 0.25) is 0 Å². The Labute approximate surface area is 222 Å². The lowest BCUT2D eigenvalue weighted by molar-refractivity contribution is -0.164. The SMILES string of the molecule is C=CC1(C)C[C@@H](O)C2(C)C(C)CCC3(CC=C(O[Si](C(C)C)(C(C)C)C(C)C)C32)C(=C)C1OCOC. The molecule has 0 aromatic rings. The van der Waals surface area contributed by atoms with Crippen LogP contribution in [0.25, 0.3) is 0 Å². The maximum absolute atomic E-state index is 12.1. The molecule has 0 aromatic heterocycles. The number of aliphatic hydroxyl groups excluding tert-OH is 1. The third kappa shape index (κ3) is 4.21. The quantitative estimate of drug-likeness (QED) is 0.191. The number of aliphatic hydroxyl groups is 1. The number of methoxy groups -OCH3 is 1. The topological polar surface area (TPSA) is 47.9 Å². The van der Waals surface area contributed by atoms with Crippen LogP contribution < -0.4 is 0 Å². The first kappa shape index (κ1) is 29.7. The summed E-state index contributed by atoms with van der Waals surface area (Å²) in [5.74, 6) is 1.57. The summed E-state index contributed by atoms with van der Waals surface area (Å²) >= 11 is 0. The fourth-order valence-electron chi connectivity index (χ4n) is 8.68. The maximum Gasteiger partial charge on any atom is 0.258 e. The van der Waals surface area contributed by atoms with Crippen LogP contribution in [0.4, 0.5) is 0 Å². The Morgan fingerprint density at radius 1 is 1.14 bits per heavy atom. The average Bonchev–Trinajstić information content (AvgIpc) is 3.18. The van der Waals surface area contributed by atoms with Gasteiger partial charge in [0.05, 0.1) is 18.0 Å². The highest BCUT2D eigenvalue weighted by molar-refractivity contribution is 6.77. The van der Waals surface area contributed by atoms with Crippen molar-refractivity contribution in [1.29, 1.82) is 0 Å². The maximum atomic E-state index is 12.1. The van der Waals surface area contributed by atoms with E-state index < -0.39 is 19.8 Å². The Bertz CT molecular complexity index is 841. The summed E-state index contributed by atoms with van der Waals surface area (Å²) in [5.41, 5.74) is 1.62. The lowest BCUT2D eigenvalue weighted by Crippen LogP contribution is -2.61. The summed E-state index contributed by atoms with van der Waals surface area (Å²) in [6.07, 6.45) is 7.11. The van der Waals surface area contributed by atoms with Gasteiger partial charge in [0.15, 0.2) is 0 Å². The van der Waals surface area contributed by atoms with Gasteiger partial charge in [0.1, 0.15) is 6.79 Å². The molecule has 1 N–H and O–H groups in total. The largest absolute Gasteiger partial charge is 0.546 e. The van der Waals surface area contributed by atoms with Gasteiger partial charge in [-0.25, -0.2) is 0 Å². The molecule has 0 aliphatic heterocycles. The fourth-order valence-corrected chi connectivity index (χ4v) is 14.0. The van der Waals surface area contributed by atoms with Crippen molar-refractivity contribution in [2.45, 2.75) is 117 Å². The minimum Gasteiger partial charge on any atom is -0.546 e. The standard InChI is InChI=1S/C31H54O4Si/c1-13-29(10)18-26(32)30(11)23(8)14-16-31(24(9)28(29)34-19-33-12)17-15-25(27(30)31)35-36(20(2)3,21(4)5)22(6)7/h13,15,20-23,26-28,32H,1,9,14,16-19H2,2-8,10-12H3/t23?,26-,27?,28?,29?,30?,31?/m1/s1. The first-order valence-corrected chi connectivity index (χ1v) is 16.3. The van der Waals surface area contributed by atoms with Crippen LogP contribution in [0, 0.1) is 28.1 Å². The number of allylic oxidation sites excluding steroid dienone is 2. The van der Waals surface area contributed by atoms with Crippen molar-refractivity contribution in [2.75, 3.05) is 13.9 Å². The van der Waals surface area contributed by atoms with Gasteiger partial charge in [-0.05, 0) is 59.9 Å². The Kier molecular flexibility index (Phi) is 8.53. The monoisotopic (exact) mass is 518 g/mol. The number of rotatable bonds is 9. The van der Waals surface area contributed by atoms with Crippen LogP contribution in [0.2, 0.25) is 16.6 Å². The van der Waals surface area contributed by atoms with E-state index in [1.165, 1.54) is 0 Å². The molecule has 3 rings (SSSR count). The van der Waals surface area contributed by atoms with Crippen molar-refractivity contribution in [1.82, 2.24) is 0 Å². The predicted molar refractivity (Wildman–Crippen MR) is 152 cm³/mol. The third-order valence-electron chi connectivity index (χ3n) is 10.9. The first-order valence-electron chi connectivity index (χ1n) is 14.2. The van der Waals surface area contributed by atoms with Crippen LogP contribution in [0.1, 0.15) is 88.0 Å². The van der Waals surface area contributed by atoms with Gasteiger partial charge < -0.3 is 19.0 Å². The molecule has 6 unspecified atom stereocenters. The van der Waals surface area contributed by atoms with Crippen LogP contribution in [0.5, 0.6) is 0 Å². The lowest BCUT2D eigenvalue weighted by atomic mass is 9.45. The molecule has 0 spiro atoms. The van der Waals surface area contributed by atoms with E-state index in [0.717, 1.165) is 30.6 Å². The van der Waals surface area contributed by atoms with E-state index in [0.29, 0.717) is 29.0 Å². The minimum atomic E-state index is -2.17. The molecule has 7 atom stereocenters. The summed E-state index contributed by atoms with van der Waals surface area (Å²) in [6, 6.07) is 0. The Hall–Kier alpha value is -0.883. The van der Waals surface area contributed by atoms with Gasteiger partial charge in [-0.2, -0.15) is 0 Å². The van der Waals surface area contributed by atoms with Crippen molar-refractivity contribution in [3.63, 3.8) is 0 Å². The molecular weight excluding hydrogens is 464 g/mol. The van der Waals surface area contributed by atoms with E-state index in [4.69, 9.17) is 20.5 Å². The molecule has 5 heteroatoms. The highest BCUT2D eigenvalue weighted by atomic mass is 28.4. The normalized spacial score (nSPS) is 39.2. The molecule has 2 saturated carbocycles. The molecule has 2 fully saturated rings. The highest BCUT2D eigenvalue weighted by Crippen LogP contribution is 2.69. The number of hydrogen-bond acceptors (Lipinski definition) is 4. The Morgan fingerprint density at radius 3 is 2.22 bits per heavy atom. The molecule has 36 heavy (non-hydrogen) atoms. The van der Waals surface area contributed by atoms with Crippen LogP contribution in [0.15, 0.2) is 36.6 Å². The summed E-state index contributed by atoms with van der Waals surface area (Å²) in [7, 11) is -0.512. The molecule has 0 amide bonds. The number of ether oxygens (including phenoxy) is 2. The fraction of sp³-hybridized carbons (Fsp3) is 0.806. The van der Waals surface area contributed by atoms with Crippen molar-refractivity contribution in [3.05, 3.63) is 36.6 Å². The molecule has 4 nitrogen and oxygen atoms in total. The Balaban J connectivity index is 2.21. The summed E-state index contributed by atoms with van der Waals surface area (Å²) in [5, 5.41) is 12.1. The van der Waals surface area contributed by atoms with Crippen LogP contribution in [-0.2, 0) is 13.9 Å². The second-order valence-electron chi connectivity index (χ2n) is 13.5. The number of hydrogen-bond donors (Lipinski definition) is 1. The van der Waals surface area contributed by atoms with Crippen molar-refractivity contribution >= 4 is 8.32 Å². The second-order valence-corrected chi connectivity index (χ2v) is 18.9. The van der Waals surface area contributed by atoms with Crippen LogP contribution in [-0.4, -0.2) is 39.5 Å². The second kappa shape index (κ2) is 10.4. The van der Waals surface area contributed by atoms with Crippen LogP contribution >= 0.6 is 0 Å². The summed E-state index contributed by atoms with van der Waals surface area (Å²) in [4.78, 5) is 0. The molecular formula is C31H54O4Si. The molecule has 0 heterocycles. The van der Waals surface area contributed by atoms with Crippen molar-refractivity contribution in [2.24, 2.45) is 28.1 Å². The zero-order valence-electron chi connectivity index (χ0n) is 24.8. The van der Waals surface area contributed by atoms with Gasteiger partial charge in [0.25, 0.3) is 8.32 Å². The van der Waals surface area contributed by atoms with E-state index >= 15 is 0 Å². The highest BCUT2D eigenvalue weighted by Gasteiger charge is 2.66.